The molecule has 0 amide bonds. The van der Waals surface area contributed by atoms with E-state index in [2.05, 4.69) is 28.5 Å². The van der Waals surface area contributed by atoms with Gasteiger partial charge < -0.3 is 14.5 Å². The molecule has 0 saturated heterocycles. The van der Waals surface area contributed by atoms with Gasteiger partial charge in [0, 0.05) is 6.54 Å². The standard InChI is InChI=1S/C21H21N3O2/c1-15-7-6-8-16(2)20(15)25-14-19-24-18(13-22)21(26-19)23-12-11-17-9-4-3-5-10-17/h3-10,23H,11-12,14H2,1-2H3. The van der Waals surface area contributed by atoms with Gasteiger partial charge in [-0.1, -0.05) is 48.5 Å². The summed E-state index contributed by atoms with van der Waals surface area (Å²) in [5, 5.41) is 12.4. The van der Waals surface area contributed by atoms with Gasteiger partial charge in [-0.05, 0) is 37.0 Å². The predicted molar refractivity (Wildman–Crippen MR) is 100 cm³/mol. The second kappa shape index (κ2) is 8.21. The molecule has 0 spiro atoms. The number of hydrogen-bond acceptors (Lipinski definition) is 5. The Hall–Kier alpha value is -3.26. The average molecular weight is 347 g/mol. The van der Waals surface area contributed by atoms with Gasteiger partial charge in [0.25, 0.3) is 0 Å². The normalized spacial score (nSPS) is 10.3. The summed E-state index contributed by atoms with van der Waals surface area (Å²) in [4.78, 5) is 4.21. The Morgan fingerprint density at radius 1 is 1.08 bits per heavy atom. The predicted octanol–water partition coefficient (Wildman–Crippen LogP) is 4.40. The highest BCUT2D eigenvalue weighted by Gasteiger charge is 2.14. The SMILES string of the molecule is Cc1cccc(C)c1OCc1nc(C#N)c(NCCc2ccccc2)o1. The van der Waals surface area contributed by atoms with Crippen LogP contribution in [-0.4, -0.2) is 11.5 Å². The maximum atomic E-state index is 9.27. The molecule has 132 valence electrons. The third-order valence-electron chi connectivity index (χ3n) is 4.07. The third-order valence-corrected chi connectivity index (χ3v) is 4.07. The Morgan fingerprint density at radius 3 is 2.50 bits per heavy atom. The maximum Gasteiger partial charge on any atom is 0.236 e. The number of ether oxygens (including phenoxy) is 1. The van der Waals surface area contributed by atoms with E-state index in [4.69, 9.17) is 9.15 Å². The largest absolute Gasteiger partial charge is 0.483 e. The molecule has 0 aliphatic rings. The molecule has 0 aliphatic heterocycles. The molecule has 3 aromatic rings. The number of nitriles is 1. The highest BCUT2D eigenvalue weighted by Crippen LogP contribution is 2.24. The van der Waals surface area contributed by atoms with Crippen molar-refractivity contribution in [1.82, 2.24) is 4.98 Å². The van der Waals surface area contributed by atoms with Gasteiger partial charge in [0.1, 0.15) is 11.8 Å². The Bertz CT molecular complexity index is 891. The van der Waals surface area contributed by atoms with E-state index in [1.54, 1.807) is 0 Å². The summed E-state index contributed by atoms with van der Waals surface area (Å²) in [7, 11) is 0. The fourth-order valence-electron chi connectivity index (χ4n) is 2.75. The zero-order valence-electron chi connectivity index (χ0n) is 15.0. The molecule has 0 atom stereocenters. The smallest absolute Gasteiger partial charge is 0.236 e. The number of nitrogens with one attached hydrogen (secondary N) is 1. The molecule has 5 nitrogen and oxygen atoms in total. The minimum Gasteiger partial charge on any atom is -0.483 e. The third kappa shape index (κ3) is 4.22. The van der Waals surface area contributed by atoms with Gasteiger partial charge in [-0.3, -0.25) is 0 Å². The van der Waals surface area contributed by atoms with Crippen LogP contribution in [0.3, 0.4) is 0 Å². The van der Waals surface area contributed by atoms with Crippen LogP contribution in [0.2, 0.25) is 0 Å². The van der Waals surface area contributed by atoms with Crippen LogP contribution in [0.1, 0.15) is 28.3 Å². The van der Waals surface area contributed by atoms with E-state index in [1.165, 1.54) is 5.56 Å². The second-order valence-electron chi connectivity index (χ2n) is 6.07. The van der Waals surface area contributed by atoms with E-state index in [0.717, 1.165) is 23.3 Å². The van der Waals surface area contributed by atoms with E-state index in [0.29, 0.717) is 18.3 Å². The molecular formula is C21H21N3O2. The molecule has 3 rings (SSSR count). The van der Waals surface area contributed by atoms with Crippen molar-refractivity contribution >= 4 is 5.88 Å². The lowest BCUT2D eigenvalue weighted by Crippen LogP contribution is -2.05. The van der Waals surface area contributed by atoms with Gasteiger partial charge in [-0.15, -0.1) is 0 Å². The summed E-state index contributed by atoms with van der Waals surface area (Å²) in [5.41, 5.74) is 3.58. The zero-order valence-corrected chi connectivity index (χ0v) is 15.0. The first kappa shape index (κ1) is 17.6. The van der Waals surface area contributed by atoms with Crippen molar-refractivity contribution in [3.05, 3.63) is 76.8 Å². The van der Waals surface area contributed by atoms with E-state index in [1.807, 2.05) is 50.2 Å². The monoisotopic (exact) mass is 347 g/mol. The van der Waals surface area contributed by atoms with Gasteiger partial charge in [-0.2, -0.15) is 10.2 Å². The van der Waals surface area contributed by atoms with E-state index < -0.39 is 0 Å². The van der Waals surface area contributed by atoms with Crippen LogP contribution in [0.4, 0.5) is 5.88 Å². The van der Waals surface area contributed by atoms with Crippen molar-refractivity contribution in [1.29, 1.82) is 5.26 Å². The number of nitrogens with zero attached hydrogens (tertiary/aromatic N) is 2. The molecule has 1 heterocycles. The number of anilines is 1. The molecule has 26 heavy (non-hydrogen) atoms. The first-order valence-corrected chi connectivity index (χ1v) is 8.54. The van der Waals surface area contributed by atoms with Crippen molar-refractivity contribution in [3.63, 3.8) is 0 Å². The summed E-state index contributed by atoms with van der Waals surface area (Å²) < 4.78 is 11.5. The van der Waals surface area contributed by atoms with E-state index in [-0.39, 0.29) is 12.3 Å². The molecule has 0 unspecified atom stereocenters. The Balaban J connectivity index is 1.62. The molecule has 0 saturated carbocycles. The Morgan fingerprint density at radius 2 is 1.81 bits per heavy atom. The van der Waals surface area contributed by atoms with Crippen molar-refractivity contribution in [2.75, 3.05) is 11.9 Å². The first-order valence-electron chi connectivity index (χ1n) is 8.54. The number of aromatic nitrogens is 1. The fourth-order valence-corrected chi connectivity index (χ4v) is 2.75. The van der Waals surface area contributed by atoms with Gasteiger partial charge in [0.05, 0.1) is 0 Å². The number of oxazole rings is 1. The zero-order chi connectivity index (χ0) is 18.4. The Labute approximate surface area is 153 Å². The first-order chi connectivity index (χ1) is 12.7. The van der Waals surface area contributed by atoms with Crippen LogP contribution >= 0.6 is 0 Å². The molecule has 1 N–H and O–H groups in total. The quantitative estimate of drug-likeness (QED) is 0.686. The minimum absolute atomic E-state index is 0.181. The number of para-hydroxylation sites is 1. The number of benzene rings is 2. The lowest BCUT2D eigenvalue weighted by atomic mass is 10.1. The van der Waals surface area contributed by atoms with Crippen LogP contribution in [0.15, 0.2) is 52.9 Å². The average Bonchev–Trinajstić information content (AvgIpc) is 3.04. The fraction of sp³-hybridized carbons (Fsp3) is 0.238. The van der Waals surface area contributed by atoms with Crippen LogP contribution < -0.4 is 10.1 Å². The molecule has 5 heteroatoms. The molecule has 0 aliphatic carbocycles. The minimum atomic E-state index is 0.181. The highest BCUT2D eigenvalue weighted by molar-refractivity contribution is 5.45. The summed E-state index contributed by atoms with van der Waals surface area (Å²) in [6.45, 7) is 4.83. The summed E-state index contributed by atoms with van der Waals surface area (Å²) >= 11 is 0. The van der Waals surface area contributed by atoms with Crippen LogP contribution in [0.5, 0.6) is 5.75 Å². The molecule has 0 radical (unpaired) electrons. The van der Waals surface area contributed by atoms with Gasteiger partial charge in [0.2, 0.25) is 17.5 Å². The molecule has 0 fully saturated rings. The second-order valence-corrected chi connectivity index (χ2v) is 6.07. The number of hydrogen-bond donors (Lipinski definition) is 1. The lowest BCUT2D eigenvalue weighted by Gasteiger charge is -2.10. The van der Waals surface area contributed by atoms with Gasteiger partial charge in [0.15, 0.2) is 6.61 Å². The van der Waals surface area contributed by atoms with Crippen LogP contribution in [0.25, 0.3) is 0 Å². The number of rotatable bonds is 7. The molecular weight excluding hydrogens is 326 g/mol. The van der Waals surface area contributed by atoms with Crippen molar-refractivity contribution in [2.45, 2.75) is 26.9 Å². The summed E-state index contributed by atoms with van der Waals surface area (Å²) in [5.74, 6) is 1.60. The Kier molecular flexibility index (Phi) is 5.55. The molecule has 1 aromatic heterocycles. The van der Waals surface area contributed by atoms with Crippen molar-refractivity contribution < 1.29 is 9.15 Å². The van der Waals surface area contributed by atoms with Crippen molar-refractivity contribution in [3.8, 4) is 11.8 Å². The lowest BCUT2D eigenvalue weighted by molar-refractivity contribution is 0.261. The van der Waals surface area contributed by atoms with Crippen LogP contribution in [0, 0.1) is 25.2 Å². The van der Waals surface area contributed by atoms with Crippen molar-refractivity contribution in [2.24, 2.45) is 0 Å². The summed E-state index contributed by atoms with van der Waals surface area (Å²) in [6.07, 6.45) is 0.834. The summed E-state index contributed by atoms with van der Waals surface area (Å²) in [6, 6.07) is 18.2. The van der Waals surface area contributed by atoms with E-state index in [9.17, 15) is 5.26 Å². The highest BCUT2D eigenvalue weighted by atomic mass is 16.5. The maximum absolute atomic E-state index is 9.27. The van der Waals surface area contributed by atoms with E-state index >= 15 is 0 Å². The topological polar surface area (TPSA) is 71.1 Å². The van der Waals surface area contributed by atoms with Crippen LogP contribution in [-0.2, 0) is 13.0 Å². The van der Waals surface area contributed by atoms with Gasteiger partial charge >= 0.3 is 0 Å². The molecule has 0 bridgehead atoms. The van der Waals surface area contributed by atoms with Gasteiger partial charge in [-0.25, -0.2) is 0 Å². The molecule has 2 aromatic carbocycles. The number of aryl methyl sites for hydroxylation is 2.